The van der Waals surface area contributed by atoms with Crippen LogP contribution in [-0.2, 0) is 0 Å². The molecule has 0 saturated heterocycles. The Morgan fingerprint density at radius 3 is 2.29 bits per heavy atom. The van der Waals surface area contributed by atoms with Gasteiger partial charge in [0.1, 0.15) is 0 Å². The van der Waals surface area contributed by atoms with Crippen LogP contribution in [0.15, 0.2) is 0 Å². The monoisotopic (exact) mass is 275 g/mol. The topological polar surface area (TPSA) is 45.2 Å². The van der Waals surface area contributed by atoms with Gasteiger partial charge in [-0.3, -0.25) is 0 Å². The first-order valence-electron chi connectivity index (χ1n) is 5.26. The Bertz CT molecular complexity index is 374. The summed E-state index contributed by atoms with van der Waals surface area (Å²) in [5.74, 6) is 2.19. The molecule has 0 bridgehead atoms. The molecule has 0 spiro atoms. The smallest absolute Gasteiger partial charge is 0.231 e. The molecular formula is C10H18ClN5S. The number of hydrogen-bond donors (Lipinski definition) is 0. The van der Waals surface area contributed by atoms with Crippen LogP contribution in [0.4, 0.5) is 11.9 Å². The zero-order chi connectivity index (χ0) is 13.0. The lowest BCUT2D eigenvalue weighted by Crippen LogP contribution is -2.33. The maximum atomic E-state index is 5.90. The van der Waals surface area contributed by atoms with Gasteiger partial charge in [-0.05, 0) is 24.8 Å². The molecule has 0 aliphatic heterocycles. The van der Waals surface area contributed by atoms with Gasteiger partial charge >= 0.3 is 0 Å². The Hall–Kier alpha value is -0.750. The number of halogens is 1. The predicted molar refractivity (Wildman–Crippen MR) is 75.4 cm³/mol. The molecule has 0 radical (unpaired) electrons. The quantitative estimate of drug-likeness (QED) is 0.816. The third-order valence-corrected chi connectivity index (χ3v) is 3.35. The second kappa shape index (κ2) is 6.26. The van der Waals surface area contributed by atoms with E-state index in [-0.39, 0.29) is 5.28 Å². The maximum Gasteiger partial charge on any atom is 0.231 e. The number of hydrogen-bond acceptors (Lipinski definition) is 6. The Morgan fingerprint density at radius 1 is 1.18 bits per heavy atom. The van der Waals surface area contributed by atoms with Gasteiger partial charge in [0.05, 0.1) is 0 Å². The number of rotatable bonds is 5. The van der Waals surface area contributed by atoms with Crippen LogP contribution in [0, 0.1) is 0 Å². The predicted octanol–water partition coefficient (Wildman–Crippen LogP) is 1.78. The molecule has 0 aliphatic carbocycles. The van der Waals surface area contributed by atoms with Crippen LogP contribution < -0.4 is 9.80 Å². The third kappa shape index (κ3) is 3.89. The first-order chi connectivity index (χ1) is 7.95. The summed E-state index contributed by atoms with van der Waals surface area (Å²) in [7, 11) is 5.72. The van der Waals surface area contributed by atoms with Gasteiger partial charge in [0.25, 0.3) is 0 Å². The third-order valence-electron chi connectivity index (χ3n) is 2.37. The minimum absolute atomic E-state index is 0.224. The average Bonchev–Trinajstić information content (AvgIpc) is 2.27. The molecule has 1 heterocycles. The molecule has 1 aromatic rings. The van der Waals surface area contributed by atoms with Crippen molar-refractivity contribution in [3.63, 3.8) is 0 Å². The highest BCUT2D eigenvalue weighted by atomic mass is 35.5. The highest BCUT2D eigenvalue weighted by Crippen LogP contribution is 2.17. The molecule has 0 aromatic carbocycles. The van der Waals surface area contributed by atoms with E-state index in [1.165, 1.54) is 0 Å². The molecule has 1 rings (SSSR count). The van der Waals surface area contributed by atoms with Gasteiger partial charge in [-0.2, -0.15) is 26.7 Å². The van der Waals surface area contributed by atoms with Crippen molar-refractivity contribution in [1.29, 1.82) is 0 Å². The van der Waals surface area contributed by atoms with Crippen molar-refractivity contribution in [2.24, 2.45) is 0 Å². The van der Waals surface area contributed by atoms with E-state index in [0.29, 0.717) is 17.9 Å². The SMILES string of the molecule is CSCC(C)N(C)c1nc(Cl)nc(N(C)C)n1. The van der Waals surface area contributed by atoms with Gasteiger partial charge in [0, 0.05) is 32.9 Å². The highest BCUT2D eigenvalue weighted by molar-refractivity contribution is 7.98. The molecule has 0 saturated carbocycles. The van der Waals surface area contributed by atoms with Crippen LogP contribution in [-0.4, -0.2) is 54.1 Å². The van der Waals surface area contributed by atoms with Crippen molar-refractivity contribution < 1.29 is 0 Å². The highest BCUT2D eigenvalue weighted by Gasteiger charge is 2.15. The molecule has 1 atom stereocenters. The van der Waals surface area contributed by atoms with Gasteiger partial charge in [0.2, 0.25) is 17.2 Å². The largest absolute Gasteiger partial charge is 0.347 e. The van der Waals surface area contributed by atoms with Crippen LogP contribution in [0.25, 0.3) is 0 Å². The van der Waals surface area contributed by atoms with E-state index in [0.717, 1.165) is 5.75 Å². The van der Waals surface area contributed by atoms with Crippen molar-refractivity contribution in [2.75, 3.05) is 43.0 Å². The fourth-order valence-electron chi connectivity index (χ4n) is 1.24. The van der Waals surface area contributed by atoms with E-state index < -0.39 is 0 Å². The molecular weight excluding hydrogens is 258 g/mol. The Morgan fingerprint density at radius 2 is 1.76 bits per heavy atom. The fraction of sp³-hybridized carbons (Fsp3) is 0.700. The van der Waals surface area contributed by atoms with Crippen molar-refractivity contribution >= 4 is 35.3 Å². The molecule has 1 aromatic heterocycles. The van der Waals surface area contributed by atoms with Gasteiger partial charge in [-0.15, -0.1) is 0 Å². The molecule has 17 heavy (non-hydrogen) atoms. The summed E-state index contributed by atoms with van der Waals surface area (Å²) in [6, 6.07) is 0.346. The minimum Gasteiger partial charge on any atom is -0.347 e. The summed E-state index contributed by atoms with van der Waals surface area (Å²) in [5, 5.41) is 0.224. The van der Waals surface area contributed by atoms with Gasteiger partial charge in [-0.1, -0.05) is 0 Å². The summed E-state index contributed by atoms with van der Waals surface area (Å²) in [6.07, 6.45) is 2.08. The van der Waals surface area contributed by atoms with Crippen LogP contribution in [0.1, 0.15) is 6.92 Å². The lowest BCUT2D eigenvalue weighted by atomic mass is 10.3. The Kier molecular flexibility index (Phi) is 5.27. The molecule has 96 valence electrons. The van der Waals surface area contributed by atoms with Gasteiger partial charge < -0.3 is 9.80 Å². The molecule has 5 nitrogen and oxygen atoms in total. The first-order valence-corrected chi connectivity index (χ1v) is 7.03. The molecule has 0 aliphatic rings. The van der Waals surface area contributed by atoms with Gasteiger partial charge in [0.15, 0.2) is 0 Å². The first kappa shape index (κ1) is 14.3. The summed E-state index contributed by atoms with van der Waals surface area (Å²) in [5.41, 5.74) is 0. The van der Waals surface area contributed by atoms with E-state index in [4.69, 9.17) is 11.6 Å². The van der Waals surface area contributed by atoms with E-state index in [1.54, 1.807) is 11.8 Å². The number of anilines is 2. The van der Waals surface area contributed by atoms with Crippen molar-refractivity contribution in [2.45, 2.75) is 13.0 Å². The van der Waals surface area contributed by atoms with Crippen molar-refractivity contribution in [1.82, 2.24) is 15.0 Å². The normalized spacial score (nSPS) is 12.4. The summed E-state index contributed by atoms with van der Waals surface area (Å²) in [4.78, 5) is 16.4. The van der Waals surface area contributed by atoms with Crippen LogP contribution in [0.2, 0.25) is 5.28 Å². The van der Waals surface area contributed by atoms with E-state index in [2.05, 4.69) is 28.1 Å². The molecule has 0 N–H and O–H groups in total. The Balaban J connectivity index is 2.96. The maximum absolute atomic E-state index is 5.90. The van der Waals surface area contributed by atoms with E-state index in [1.807, 2.05) is 30.9 Å². The zero-order valence-corrected chi connectivity index (χ0v) is 12.4. The lowest BCUT2D eigenvalue weighted by Gasteiger charge is -2.24. The van der Waals surface area contributed by atoms with E-state index >= 15 is 0 Å². The van der Waals surface area contributed by atoms with Crippen molar-refractivity contribution in [3.8, 4) is 0 Å². The zero-order valence-electron chi connectivity index (χ0n) is 10.8. The number of nitrogens with zero attached hydrogens (tertiary/aromatic N) is 5. The van der Waals surface area contributed by atoms with Crippen LogP contribution in [0.5, 0.6) is 0 Å². The second-order valence-corrected chi connectivity index (χ2v) is 5.26. The van der Waals surface area contributed by atoms with Gasteiger partial charge in [-0.25, -0.2) is 0 Å². The van der Waals surface area contributed by atoms with Crippen molar-refractivity contribution in [3.05, 3.63) is 5.28 Å². The number of aromatic nitrogens is 3. The Labute approximate surface area is 112 Å². The fourth-order valence-corrected chi connectivity index (χ4v) is 2.09. The minimum atomic E-state index is 0.224. The average molecular weight is 276 g/mol. The molecule has 7 heteroatoms. The second-order valence-electron chi connectivity index (χ2n) is 4.01. The summed E-state index contributed by atoms with van der Waals surface area (Å²) < 4.78 is 0. The lowest BCUT2D eigenvalue weighted by molar-refractivity contribution is 0.732. The van der Waals surface area contributed by atoms with Crippen LogP contribution in [0.3, 0.4) is 0 Å². The standard InChI is InChI=1S/C10H18ClN5S/c1-7(6-17-5)16(4)10-13-8(11)12-9(14-10)15(2)3/h7H,6H2,1-5H3. The molecule has 1 unspecified atom stereocenters. The molecule has 0 amide bonds. The molecule has 0 fully saturated rings. The summed E-state index contributed by atoms with van der Waals surface area (Å²) >= 11 is 7.69. The summed E-state index contributed by atoms with van der Waals surface area (Å²) in [6.45, 7) is 2.13. The van der Waals surface area contributed by atoms with E-state index in [9.17, 15) is 0 Å². The number of thioether (sulfide) groups is 1. The van der Waals surface area contributed by atoms with Crippen LogP contribution >= 0.6 is 23.4 Å².